The monoisotopic (exact) mass is 823 g/mol. The fourth-order valence-corrected chi connectivity index (χ4v) is 7.23. The molecule has 0 rings (SSSR count). The van der Waals surface area contributed by atoms with Gasteiger partial charge in [0.05, 0.1) is 39.9 Å². The summed E-state index contributed by atoms with van der Waals surface area (Å²) in [6.07, 6.45) is 50.2. The van der Waals surface area contributed by atoms with Gasteiger partial charge in [0, 0.05) is 6.42 Å². The van der Waals surface area contributed by atoms with Gasteiger partial charge in [0.2, 0.25) is 5.91 Å². The number of phosphoric acid groups is 1. The molecule has 0 heterocycles. The van der Waals surface area contributed by atoms with Gasteiger partial charge in [-0.25, -0.2) is 0 Å². The quantitative estimate of drug-likeness (QED) is 0.0275. The molecular weight excluding hydrogens is 732 g/mol. The minimum Gasteiger partial charge on any atom is -0.756 e. The SMILES string of the molecule is CCCCCCC/C=C\C/C=C\C/C=C\CCCCCCCCCCCCC(=O)NC(COP(=O)([O-])OCC[N+](C)(C)C)C(O)/C=C/CCCCCCCCCC. The molecule has 0 aliphatic rings. The van der Waals surface area contributed by atoms with Crippen LogP contribution in [0.4, 0.5) is 0 Å². The van der Waals surface area contributed by atoms with Crippen LogP contribution in [0.5, 0.6) is 0 Å². The summed E-state index contributed by atoms with van der Waals surface area (Å²) in [5.41, 5.74) is 0. The van der Waals surface area contributed by atoms with E-state index in [0.29, 0.717) is 17.4 Å². The number of aliphatic hydroxyl groups is 1. The summed E-state index contributed by atoms with van der Waals surface area (Å²) >= 11 is 0. The van der Waals surface area contributed by atoms with E-state index >= 15 is 0 Å². The molecule has 9 heteroatoms. The molecule has 0 fully saturated rings. The number of carbonyl (C=O) groups is 1. The first-order valence-electron chi connectivity index (χ1n) is 23.5. The molecule has 0 aromatic carbocycles. The maximum Gasteiger partial charge on any atom is 0.268 e. The molecule has 3 atom stereocenters. The van der Waals surface area contributed by atoms with Crippen molar-refractivity contribution in [3.8, 4) is 0 Å². The molecule has 0 radical (unpaired) electrons. The normalized spacial score (nSPS) is 14.7. The van der Waals surface area contributed by atoms with E-state index in [0.717, 1.165) is 51.4 Å². The number of amides is 1. The first-order valence-corrected chi connectivity index (χ1v) is 25.0. The van der Waals surface area contributed by atoms with Crippen LogP contribution in [0.1, 0.15) is 200 Å². The number of unbranched alkanes of at least 4 members (excludes halogenated alkanes) is 23. The molecular formula is C48H91N2O6P. The first-order chi connectivity index (χ1) is 27.5. The van der Waals surface area contributed by atoms with Crippen LogP contribution in [0.2, 0.25) is 0 Å². The average Bonchev–Trinajstić information content (AvgIpc) is 3.16. The van der Waals surface area contributed by atoms with Crippen molar-refractivity contribution >= 4 is 13.7 Å². The van der Waals surface area contributed by atoms with Gasteiger partial charge >= 0.3 is 0 Å². The molecule has 0 spiro atoms. The maximum atomic E-state index is 12.8. The summed E-state index contributed by atoms with van der Waals surface area (Å²) in [6, 6.07) is -0.887. The van der Waals surface area contributed by atoms with Crippen molar-refractivity contribution in [3.05, 3.63) is 48.6 Å². The molecule has 0 saturated carbocycles. The molecule has 1 amide bonds. The van der Waals surface area contributed by atoms with E-state index in [4.69, 9.17) is 9.05 Å². The van der Waals surface area contributed by atoms with E-state index in [9.17, 15) is 19.4 Å². The zero-order valence-electron chi connectivity index (χ0n) is 37.8. The summed E-state index contributed by atoms with van der Waals surface area (Å²) < 4.78 is 23.2. The highest BCUT2D eigenvalue weighted by Gasteiger charge is 2.23. The van der Waals surface area contributed by atoms with E-state index in [1.165, 1.54) is 128 Å². The summed E-state index contributed by atoms with van der Waals surface area (Å²) in [7, 11) is 1.25. The Hall–Kier alpha value is -1.54. The maximum absolute atomic E-state index is 12.8. The summed E-state index contributed by atoms with van der Waals surface area (Å²) in [5.74, 6) is -0.205. The fraction of sp³-hybridized carbons (Fsp3) is 0.812. The highest BCUT2D eigenvalue weighted by atomic mass is 31.2. The van der Waals surface area contributed by atoms with Crippen molar-refractivity contribution < 1.29 is 32.9 Å². The second-order valence-corrected chi connectivity index (χ2v) is 18.5. The molecule has 8 nitrogen and oxygen atoms in total. The third-order valence-corrected chi connectivity index (χ3v) is 11.2. The molecule has 3 unspecified atom stereocenters. The highest BCUT2D eigenvalue weighted by molar-refractivity contribution is 7.45. The first kappa shape index (κ1) is 55.5. The number of hydrogen-bond donors (Lipinski definition) is 2. The lowest BCUT2D eigenvalue weighted by atomic mass is 10.0. The number of likely N-dealkylation sites (N-methyl/N-ethyl adjacent to an activating group) is 1. The zero-order chi connectivity index (χ0) is 42.1. The molecule has 0 aliphatic heterocycles. The van der Waals surface area contributed by atoms with Crippen molar-refractivity contribution in [1.82, 2.24) is 5.32 Å². The van der Waals surface area contributed by atoms with Crippen molar-refractivity contribution in [3.63, 3.8) is 0 Å². The minimum absolute atomic E-state index is 0.00322. The van der Waals surface area contributed by atoms with Gasteiger partial charge in [0.1, 0.15) is 13.2 Å². The Morgan fingerprint density at radius 3 is 1.47 bits per heavy atom. The number of quaternary nitrogens is 1. The summed E-state index contributed by atoms with van der Waals surface area (Å²) in [4.78, 5) is 25.3. The Balaban J connectivity index is 4.22. The zero-order valence-corrected chi connectivity index (χ0v) is 38.7. The Morgan fingerprint density at radius 1 is 0.614 bits per heavy atom. The topological polar surface area (TPSA) is 108 Å². The van der Waals surface area contributed by atoms with Gasteiger partial charge in [0.15, 0.2) is 0 Å². The van der Waals surface area contributed by atoms with E-state index in [1.54, 1.807) is 6.08 Å². The van der Waals surface area contributed by atoms with Crippen LogP contribution in [-0.4, -0.2) is 68.5 Å². The number of nitrogens with one attached hydrogen (secondary N) is 1. The van der Waals surface area contributed by atoms with Gasteiger partial charge in [-0.3, -0.25) is 9.36 Å². The van der Waals surface area contributed by atoms with E-state index in [2.05, 4.69) is 55.6 Å². The van der Waals surface area contributed by atoms with Crippen LogP contribution < -0.4 is 10.2 Å². The molecule has 2 N–H and O–H groups in total. The molecule has 0 saturated heterocycles. The van der Waals surface area contributed by atoms with Crippen molar-refractivity contribution in [2.45, 2.75) is 212 Å². The number of nitrogens with zero attached hydrogens (tertiary/aromatic N) is 1. The largest absolute Gasteiger partial charge is 0.756 e. The van der Waals surface area contributed by atoms with Crippen LogP contribution in [0.3, 0.4) is 0 Å². The number of hydrogen-bond acceptors (Lipinski definition) is 6. The minimum atomic E-state index is -4.59. The predicted octanol–water partition coefficient (Wildman–Crippen LogP) is 12.6. The summed E-state index contributed by atoms with van der Waals surface area (Å²) in [5, 5.41) is 13.7. The lowest BCUT2D eigenvalue weighted by molar-refractivity contribution is -0.870. The standard InChI is InChI=1S/C48H91N2O6P/c1-6-8-10-12-14-16-18-19-20-21-22-23-24-25-26-27-28-29-30-31-32-34-36-38-40-42-48(52)49-46(45-56-57(53,54)55-44-43-50(3,4)5)47(51)41-39-37-35-33-17-15-13-11-9-7-2/h18-19,21-22,24-25,39,41,46-47,51H,6-17,20,23,26-38,40,42-45H2,1-5H3,(H-,49,52,53,54)/b19-18-,22-21-,25-24-,41-39+. The molecule has 0 aromatic rings. The number of carbonyl (C=O) groups excluding carboxylic acids is 1. The Bertz CT molecular complexity index is 1070. The number of phosphoric ester groups is 1. The highest BCUT2D eigenvalue weighted by Crippen LogP contribution is 2.38. The number of allylic oxidation sites excluding steroid dienone is 7. The Labute approximate surface area is 352 Å². The van der Waals surface area contributed by atoms with Crippen LogP contribution in [0, 0.1) is 0 Å². The predicted molar refractivity (Wildman–Crippen MR) is 242 cm³/mol. The van der Waals surface area contributed by atoms with Crippen LogP contribution in [0.15, 0.2) is 48.6 Å². The van der Waals surface area contributed by atoms with Crippen LogP contribution >= 0.6 is 7.82 Å². The third kappa shape index (κ3) is 42.4. The van der Waals surface area contributed by atoms with Gasteiger partial charge in [-0.05, 0) is 57.8 Å². The average molecular weight is 823 g/mol. The van der Waals surface area contributed by atoms with Crippen molar-refractivity contribution in [2.24, 2.45) is 0 Å². The van der Waals surface area contributed by atoms with Gasteiger partial charge < -0.3 is 28.8 Å². The molecule has 0 aromatic heterocycles. The lowest BCUT2D eigenvalue weighted by Gasteiger charge is -2.29. The van der Waals surface area contributed by atoms with Crippen LogP contribution in [0.25, 0.3) is 0 Å². The van der Waals surface area contributed by atoms with Gasteiger partial charge in [-0.1, -0.05) is 184 Å². The van der Waals surface area contributed by atoms with Gasteiger partial charge in [0.25, 0.3) is 7.82 Å². The van der Waals surface area contributed by atoms with Crippen molar-refractivity contribution in [1.29, 1.82) is 0 Å². The second-order valence-electron chi connectivity index (χ2n) is 17.1. The number of aliphatic hydroxyl groups excluding tert-OH is 1. The van der Waals surface area contributed by atoms with E-state index in [-0.39, 0.29) is 19.1 Å². The van der Waals surface area contributed by atoms with Gasteiger partial charge in [-0.2, -0.15) is 0 Å². The summed E-state index contributed by atoms with van der Waals surface area (Å²) in [6.45, 7) is 4.60. The molecule has 0 aliphatic carbocycles. The van der Waals surface area contributed by atoms with Crippen molar-refractivity contribution in [2.75, 3.05) is 40.9 Å². The molecule has 334 valence electrons. The second kappa shape index (κ2) is 39.9. The molecule has 0 bridgehead atoms. The number of rotatable bonds is 42. The Morgan fingerprint density at radius 2 is 1.02 bits per heavy atom. The fourth-order valence-electron chi connectivity index (χ4n) is 6.51. The smallest absolute Gasteiger partial charge is 0.268 e. The molecule has 57 heavy (non-hydrogen) atoms. The third-order valence-electron chi connectivity index (χ3n) is 10.3. The lowest BCUT2D eigenvalue weighted by Crippen LogP contribution is -2.45. The van der Waals surface area contributed by atoms with E-state index < -0.39 is 20.0 Å². The van der Waals surface area contributed by atoms with Crippen LogP contribution in [-0.2, 0) is 18.4 Å². The van der Waals surface area contributed by atoms with Gasteiger partial charge in [-0.15, -0.1) is 0 Å². The van der Waals surface area contributed by atoms with E-state index in [1.807, 2.05) is 27.2 Å². The Kier molecular flexibility index (Phi) is 38.8.